The van der Waals surface area contributed by atoms with E-state index >= 15 is 0 Å². The van der Waals surface area contributed by atoms with E-state index in [1.54, 1.807) is 6.20 Å². The van der Waals surface area contributed by atoms with Gasteiger partial charge in [-0.05, 0) is 30.3 Å². The summed E-state index contributed by atoms with van der Waals surface area (Å²) in [5, 5.41) is 10.3. The zero-order valence-corrected chi connectivity index (χ0v) is 7.31. The second-order valence-electron chi connectivity index (χ2n) is 2.29. The molecule has 0 aliphatic rings. The van der Waals surface area contributed by atoms with Gasteiger partial charge in [0.25, 0.3) is 0 Å². The van der Waals surface area contributed by atoms with E-state index in [1.807, 2.05) is 12.3 Å². The van der Waals surface area contributed by atoms with Crippen LogP contribution in [0.5, 0.6) is 0 Å². The van der Waals surface area contributed by atoms with Gasteiger partial charge in [0.15, 0.2) is 0 Å². The van der Waals surface area contributed by atoms with E-state index < -0.39 is 0 Å². The number of pyridine rings is 1. The minimum Gasteiger partial charge on any atom is -0.261 e. The summed E-state index contributed by atoms with van der Waals surface area (Å²) in [6.07, 6.45) is 2.71. The summed E-state index contributed by atoms with van der Waals surface area (Å²) in [5.41, 5.74) is 0.738. The van der Waals surface area contributed by atoms with Crippen LogP contribution in [-0.4, -0.2) is 4.98 Å². The fourth-order valence-electron chi connectivity index (χ4n) is 0.798. The molecule has 1 rings (SSSR count). The number of nitrogens with zero attached hydrogens (tertiary/aromatic N) is 2. The molecule has 62 valence electrons. The summed E-state index contributed by atoms with van der Waals surface area (Å²) in [7, 11) is 0. The van der Waals surface area contributed by atoms with Crippen LogP contribution in [0.2, 0.25) is 0 Å². The lowest BCUT2D eigenvalue weighted by Gasteiger charge is -2.04. The van der Waals surface area contributed by atoms with E-state index in [0.717, 1.165) is 23.5 Å². The Bertz CT molecular complexity index is 308. The van der Waals surface area contributed by atoms with Crippen LogP contribution in [0.25, 0.3) is 0 Å². The van der Waals surface area contributed by atoms with E-state index in [1.165, 1.54) is 6.07 Å². The molecule has 1 heterocycles. The average molecular weight is 182 g/mol. The van der Waals surface area contributed by atoms with E-state index in [-0.39, 0.29) is 11.1 Å². The van der Waals surface area contributed by atoms with Crippen LogP contribution in [0, 0.1) is 16.5 Å². The molecule has 4 heteroatoms. The van der Waals surface area contributed by atoms with Crippen molar-refractivity contribution in [3.8, 4) is 5.40 Å². The Balaban J connectivity index is 2.82. The van der Waals surface area contributed by atoms with Gasteiger partial charge in [-0.1, -0.05) is 0 Å². The van der Waals surface area contributed by atoms with Crippen molar-refractivity contribution in [2.45, 2.75) is 12.2 Å². The molecule has 0 aliphatic heterocycles. The maximum absolute atomic E-state index is 12.6. The monoisotopic (exact) mass is 182 g/mol. The highest BCUT2D eigenvalue weighted by atomic mass is 32.2. The molecule has 0 bridgehead atoms. The molecule has 0 spiro atoms. The third-order valence-corrected chi connectivity index (χ3v) is 2.16. The van der Waals surface area contributed by atoms with Gasteiger partial charge in [-0.3, -0.25) is 4.98 Å². The van der Waals surface area contributed by atoms with Crippen molar-refractivity contribution in [1.82, 2.24) is 4.98 Å². The summed E-state index contributed by atoms with van der Waals surface area (Å²) in [6, 6.07) is 1.39. The molecule has 1 aromatic heterocycles. The molecule has 0 N–H and O–H groups in total. The van der Waals surface area contributed by atoms with Gasteiger partial charge in [0.05, 0.1) is 6.20 Å². The first-order chi connectivity index (χ1) is 5.74. The number of halogens is 1. The molecule has 0 saturated heterocycles. The Morgan fingerprint density at radius 3 is 3.00 bits per heavy atom. The second kappa shape index (κ2) is 4.07. The SMILES string of the molecule is CC(SC#N)c1cncc(F)c1. The largest absolute Gasteiger partial charge is 0.261 e. The Kier molecular flexibility index (Phi) is 3.06. The van der Waals surface area contributed by atoms with Crippen LogP contribution in [0.1, 0.15) is 17.7 Å². The number of thiocyanates is 1. The Hall–Kier alpha value is -1.08. The smallest absolute Gasteiger partial charge is 0.141 e. The lowest BCUT2D eigenvalue weighted by molar-refractivity contribution is 0.618. The lowest BCUT2D eigenvalue weighted by atomic mass is 10.2. The van der Waals surface area contributed by atoms with Crippen molar-refractivity contribution in [3.05, 3.63) is 29.8 Å². The fourth-order valence-corrected chi connectivity index (χ4v) is 1.22. The van der Waals surface area contributed by atoms with Crippen molar-refractivity contribution >= 4 is 11.8 Å². The first-order valence-electron chi connectivity index (χ1n) is 3.39. The van der Waals surface area contributed by atoms with Crippen LogP contribution in [-0.2, 0) is 0 Å². The third-order valence-electron chi connectivity index (χ3n) is 1.42. The maximum atomic E-state index is 12.6. The number of hydrogen-bond acceptors (Lipinski definition) is 3. The van der Waals surface area contributed by atoms with Crippen LogP contribution in [0.3, 0.4) is 0 Å². The third kappa shape index (κ3) is 2.21. The van der Waals surface area contributed by atoms with Gasteiger partial charge in [-0.15, -0.1) is 0 Å². The van der Waals surface area contributed by atoms with Crippen LogP contribution in [0.4, 0.5) is 4.39 Å². The molecule has 12 heavy (non-hydrogen) atoms. The molecular weight excluding hydrogens is 175 g/mol. The second-order valence-corrected chi connectivity index (χ2v) is 3.41. The first-order valence-corrected chi connectivity index (χ1v) is 4.27. The van der Waals surface area contributed by atoms with Gasteiger partial charge >= 0.3 is 0 Å². The van der Waals surface area contributed by atoms with Crippen molar-refractivity contribution in [2.75, 3.05) is 0 Å². The quantitative estimate of drug-likeness (QED) is 0.659. The van der Waals surface area contributed by atoms with E-state index in [0.29, 0.717) is 0 Å². The van der Waals surface area contributed by atoms with Gasteiger partial charge < -0.3 is 0 Å². The molecule has 1 atom stereocenters. The normalized spacial score (nSPS) is 12.1. The fraction of sp³-hybridized carbons (Fsp3) is 0.250. The Labute approximate surface area is 74.4 Å². The highest BCUT2D eigenvalue weighted by molar-refractivity contribution is 8.03. The number of hydrogen-bond donors (Lipinski definition) is 0. The summed E-state index contributed by atoms with van der Waals surface area (Å²) in [4.78, 5) is 3.69. The van der Waals surface area contributed by atoms with Crippen molar-refractivity contribution in [1.29, 1.82) is 5.26 Å². The predicted octanol–water partition coefficient (Wildman–Crippen LogP) is 2.50. The minimum absolute atomic E-state index is 0.0294. The summed E-state index contributed by atoms with van der Waals surface area (Å²) >= 11 is 1.09. The van der Waals surface area contributed by atoms with Gasteiger partial charge in [0.1, 0.15) is 11.2 Å². The number of nitriles is 1. The molecule has 0 aliphatic carbocycles. The van der Waals surface area contributed by atoms with Crippen LogP contribution in [0.15, 0.2) is 18.5 Å². The van der Waals surface area contributed by atoms with Gasteiger partial charge in [0, 0.05) is 11.4 Å². The molecule has 0 radical (unpaired) electrons. The predicted molar refractivity (Wildman–Crippen MR) is 45.8 cm³/mol. The average Bonchev–Trinajstić information content (AvgIpc) is 2.05. The zero-order valence-electron chi connectivity index (χ0n) is 6.49. The standard InChI is InChI=1S/C8H7FN2S/c1-6(12-5-10)7-2-8(9)4-11-3-7/h2-4,6H,1H3. The first kappa shape index (κ1) is 9.01. The van der Waals surface area contributed by atoms with Gasteiger partial charge in [-0.25, -0.2) is 4.39 Å². The number of thioether (sulfide) groups is 1. The number of rotatable bonds is 2. The van der Waals surface area contributed by atoms with Crippen LogP contribution >= 0.6 is 11.8 Å². The molecule has 2 nitrogen and oxygen atoms in total. The highest BCUT2D eigenvalue weighted by Crippen LogP contribution is 2.26. The van der Waals surface area contributed by atoms with Gasteiger partial charge in [0.2, 0.25) is 0 Å². The Morgan fingerprint density at radius 1 is 1.67 bits per heavy atom. The minimum atomic E-state index is -0.363. The molecule has 0 fully saturated rings. The topological polar surface area (TPSA) is 36.7 Å². The Morgan fingerprint density at radius 2 is 2.42 bits per heavy atom. The van der Waals surface area contributed by atoms with Crippen molar-refractivity contribution in [2.24, 2.45) is 0 Å². The zero-order chi connectivity index (χ0) is 8.97. The van der Waals surface area contributed by atoms with Gasteiger partial charge in [-0.2, -0.15) is 5.26 Å². The van der Waals surface area contributed by atoms with Crippen molar-refractivity contribution in [3.63, 3.8) is 0 Å². The summed E-state index contributed by atoms with van der Waals surface area (Å²) < 4.78 is 12.6. The molecule has 0 amide bonds. The molecule has 0 aromatic carbocycles. The van der Waals surface area contributed by atoms with Crippen LogP contribution < -0.4 is 0 Å². The highest BCUT2D eigenvalue weighted by Gasteiger charge is 2.06. The summed E-state index contributed by atoms with van der Waals surface area (Å²) in [6.45, 7) is 1.84. The number of aromatic nitrogens is 1. The molecule has 1 unspecified atom stereocenters. The molecular formula is C8H7FN2S. The molecule has 1 aromatic rings. The van der Waals surface area contributed by atoms with E-state index in [4.69, 9.17) is 5.26 Å². The van der Waals surface area contributed by atoms with E-state index in [9.17, 15) is 4.39 Å². The molecule has 0 saturated carbocycles. The summed E-state index contributed by atoms with van der Waals surface area (Å²) in [5.74, 6) is -0.363. The lowest BCUT2D eigenvalue weighted by Crippen LogP contribution is -1.89. The maximum Gasteiger partial charge on any atom is 0.141 e. The van der Waals surface area contributed by atoms with E-state index in [2.05, 4.69) is 4.98 Å². The van der Waals surface area contributed by atoms with Crippen molar-refractivity contribution < 1.29 is 4.39 Å².